The maximum absolute atomic E-state index is 12.5. The molecule has 3 heterocycles. The predicted octanol–water partition coefficient (Wildman–Crippen LogP) is 1.77. The quantitative estimate of drug-likeness (QED) is 0.750. The van der Waals surface area contributed by atoms with E-state index in [1.54, 1.807) is 16.7 Å². The van der Waals surface area contributed by atoms with Gasteiger partial charge in [-0.1, -0.05) is 19.4 Å². The van der Waals surface area contributed by atoms with Crippen molar-refractivity contribution in [2.45, 2.75) is 38.7 Å². The Kier molecular flexibility index (Phi) is 5.65. The highest BCUT2D eigenvalue weighted by atomic mass is 16.5. The minimum absolute atomic E-state index is 0.0645. The molecule has 1 saturated heterocycles. The lowest BCUT2D eigenvalue weighted by molar-refractivity contribution is 0.0855. The first-order chi connectivity index (χ1) is 12.2. The van der Waals surface area contributed by atoms with Crippen molar-refractivity contribution < 1.29 is 14.3 Å². The van der Waals surface area contributed by atoms with E-state index in [1.165, 1.54) is 0 Å². The van der Waals surface area contributed by atoms with Crippen LogP contribution in [0.4, 0.5) is 0 Å². The van der Waals surface area contributed by atoms with Gasteiger partial charge in [0.05, 0.1) is 11.6 Å². The largest absolute Gasteiger partial charge is 0.376 e. The summed E-state index contributed by atoms with van der Waals surface area (Å²) < 4.78 is 7.18. The summed E-state index contributed by atoms with van der Waals surface area (Å²) in [5.74, 6) is -0.325. The summed E-state index contributed by atoms with van der Waals surface area (Å²) in [6, 6.07) is 5.43. The molecule has 7 nitrogen and oxygen atoms in total. The number of imidazole rings is 1. The number of hydrogen-bond acceptors (Lipinski definition) is 4. The average Bonchev–Trinajstić information content (AvgIpc) is 3.27. The molecule has 1 fully saturated rings. The molecule has 2 aromatic heterocycles. The van der Waals surface area contributed by atoms with Crippen molar-refractivity contribution in [3.8, 4) is 0 Å². The lowest BCUT2D eigenvalue weighted by Gasteiger charge is -2.09. The van der Waals surface area contributed by atoms with Crippen molar-refractivity contribution in [2.24, 2.45) is 0 Å². The first-order valence-electron chi connectivity index (χ1n) is 8.85. The lowest BCUT2D eigenvalue weighted by Crippen LogP contribution is -2.32. The van der Waals surface area contributed by atoms with Gasteiger partial charge in [0.1, 0.15) is 0 Å². The minimum atomic E-state index is -0.285. The first-order valence-corrected chi connectivity index (χ1v) is 8.85. The monoisotopic (exact) mass is 344 g/mol. The van der Waals surface area contributed by atoms with Crippen molar-refractivity contribution in [2.75, 3.05) is 19.7 Å². The van der Waals surface area contributed by atoms with Gasteiger partial charge < -0.3 is 15.4 Å². The summed E-state index contributed by atoms with van der Waals surface area (Å²) >= 11 is 0. The van der Waals surface area contributed by atoms with Crippen LogP contribution in [0, 0.1) is 0 Å². The fraction of sp³-hybridized carbons (Fsp3) is 0.500. The molecular formula is C18H24N4O3. The van der Waals surface area contributed by atoms with E-state index in [4.69, 9.17) is 4.74 Å². The molecule has 1 atom stereocenters. The van der Waals surface area contributed by atoms with E-state index in [0.717, 1.165) is 32.3 Å². The third kappa shape index (κ3) is 3.99. The standard InChI is InChI=1S/C18H24N4O3/c1-2-3-9-19-18(24)16-21-15(14-8-4-5-10-22(14)16)17(23)20-12-13-7-6-11-25-13/h4-5,8,10,13H,2-3,6-7,9,11-12H2,1H3,(H,19,24)(H,20,23). The molecule has 134 valence electrons. The molecule has 3 rings (SSSR count). The number of nitrogens with one attached hydrogen (secondary N) is 2. The number of unbranched alkanes of at least 4 members (excludes halogenated alkanes) is 1. The van der Waals surface area contributed by atoms with Gasteiger partial charge in [-0.3, -0.25) is 14.0 Å². The second kappa shape index (κ2) is 8.11. The summed E-state index contributed by atoms with van der Waals surface area (Å²) in [6.07, 6.45) is 5.69. The molecule has 2 N–H and O–H groups in total. The SMILES string of the molecule is CCCCNC(=O)c1nc(C(=O)NCC2CCCO2)c2ccccn12. The molecule has 1 aliphatic heterocycles. The molecule has 0 aromatic carbocycles. The first kappa shape index (κ1) is 17.4. The van der Waals surface area contributed by atoms with Gasteiger partial charge >= 0.3 is 0 Å². The Labute approximate surface area is 146 Å². The van der Waals surface area contributed by atoms with Crippen molar-refractivity contribution in [3.63, 3.8) is 0 Å². The highest BCUT2D eigenvalue weighted by molar-refractivity contribution is 6.02. The van der Waals surface area contributed by atoms with Crippen LogP contribution >= 0.6 is 0 Å². The molecule has 2 aromatic rings. The van der Waals surface area contributed by atoms with Crippen LogP contribution in [0.5, 0.6) is 0 Å². The second-order valence-corrected chi connectivity index (χ2v) is 6.19. The van der Waals surface area contributed by atoms with Crippen molar-refractivity contribution >= 4 is 17.3 Å². The van der Waals surface area contributed by atoms with Gasteiger partial charge in [0.25, 0.3) is 11.8 Å². The van der Waals surface area contributed by atoms with Crippen LogP contribution in [0.15, 0.2) is 24.4 Å². The van der Waals surface area contributed by atoms with Crippen molar-refractivity contribution in [3.05, 3.63) is 35.9 Å². The number of aromatic nitrogens is 2. The topological polar surface area (TPSA) is 84.7 Å². The van der Waals surface area contributed by atoms with Gasteiger partial charge in [0.2, 0.25) is 5.82 Å². The molecule has 25 heavy (non-hydrogen) atoms. The normalized spacial score (nSPS) is 16.9. The zero-order valence-electron chi connectivity index (χ0n) is 14.5. The number of hydrogen-bond donors (Lipinski definition) is 2. The molecule has 2 amide bonds. The maximum Gasteiger partial charge on any atom is 0.287 e. The number of pyridine rings is 1. The van der Waals surface area contributed by atoms with Crippen LogP contribution in [0.3, 0.4) is 0 Å². The zero-order valence-corrected chi connectivity index (χ0v) is 14.5. The molecule has 0 saturated carbocycles. The summed E-state index contributed by atoms with van der Waals surface area (Å²) in [5.41, 5.74) is 0.882. The molecular weight excluding hydrogens is 320 g/mol. The van der Waals surface area contributed by atoms with E-state index < -0.39 is 0 Å². The highest BCUT2D eigenvalue weighted by Crippen LogP contribution is 2.14. The van der Waals surface area contributed by atoms with E-state index in [-0.39, 0.29) is 29.4 Å². The van der Waals surface area contributed by atoms with Gasteiger partial charge in [0.15, 0.2) is 5.69 Å². The Morgan fingerprint density at radius 1 is 1.32 bits per heavy atom. The summed E-state index contributed by atoms with van der Waals surface area (Å²) in [5, 5.41) is 5.71. The maximum atomic E-state index is 12.5. The Morgan fingerprint density at radius 2 is 2.20 bits per heavy atom. The molecule has 0 spiro atoms. The van der Waals surface area contributed by atoms with E-state index in [0.29, 0.717) is 18.6 Å². The lowest BCUT2D eigenvalue weighted by atomic mass is 10.2. The predicted molar refractivity (Wildman–Crippen MR) is 93.7 cm³/mol. The third-order valence-electron chi connectivity index (χ3n) is 4.30. The minimum Gasteiger partial charge on any atom is -0.376 e. The van der Waals surface area contributed by atoms with Gasteiger partial charge in [-0.2, -0.15) is 0 Å². The van der Waals surface area contributed by atoms with Crippen LogP contribution in [0.25, 0.3) is 5.52 Å². The molecule has 0 aliphatic carbocycles. The van der Waals surface area contributed by atoms with Crippen LogP contribution in [-0.2, 0) is 4.74 Å². The van der Waals surface area contributed by atoms with E-state index in [2.05, 4.69) is 22.5 Å². The Morgan fingerprint density at radius 3 is 2.96 bits per heavy atom. The van der Waals surface area contributed by atoms with E-state index in [9.17, 15) is 9.59 Å². The highest BCUT2D eigenvalue weighted by Gasteiger charge is 2.22. The van der Waals surface area contributed by atoms with Crippen LogP contribution in [0.2, 0.25) is 0 Å². The number of fused-ring (bicyclic) bond motifs is 1. The number of ether oxygens (including phenoxy) is 1. The van der Waals surface area contributed by atoms with E-state index in [1.807, 2.05) is 12.1 Å². The molecule has 7 heteroatoms. The summed E-state index contributed by atoms with van der Waals surface area (Å²) in [6.45, 7) is 3.87. The van der Waals surface area contributed by atoms with Crippen LogP contribution < -0.4 is 10.6 Å². The zero-order chi connectivity index (χ0) is 17.6. The third-order valence-corrected chi connectivity index (χ3v) is 4.30. The van der Waals surface area contributed by atoms with Crippen LogP contribution in [-0.4, -0.2) is 47.0 Å². The van der Waals surface area contributed by atoms with Gasteiger partial charge in [-0.25, -0.2) is 4.98 Å². The smallest absolute Gasteiger partial charge is 0.287 e. The summed E-state index contributed by atoms with van der Waals surface area (Å²) in [7, 11) is 0. The number of rotatable bonds is 7. The van der Waals surface area contributed by atoms with Gasteiger partial charge in [0, 0.05) is 25.9 Å². The number of nitrogens with zero attached hydrogens (tertiary/aromatic N) is 2. The Balaban J connectivity index is 1.78. The van der Waals surface area contributed by atoms with Crippen molar-refractivity contribution in [1.82, 2.24) is 20.0 Å². The number of carbonyl (C=O) groups is 2. The summed E-state index contributed by atoms with van der Waals surface area (Å²) in [4.78, 5) is 29.2. The molecule has 0 bridgehead atoms. The number of carbonyl (C=O) groups excluding carboxylic acids is 2. The second-order valence-electron chi connectivity index (χ2n) is 6.19. The van der Waals surface area contributed by atoms with Crippen molar-refractivity contribution in [1.29, 1.82) is 0 Å². The fourth-order valence-corrected chi connectivity index (χ4v) is 2.92. The molecule has 0 radical (unpaired) electrons. The van der Waals surface area contributed by atoms with Gasteiger partial charge in [-0.05, 0) is 31.4 Å². The average molecular weight is 344 g/mol. The Hall–Kier alpha value is -2.41. The van der Waals surface area contributed by atoms with Gasteiger partial charge in [-0.15, -0.1) is 0 Å². The fourth-order valence-electron chi connectivity index (χ4n) is 2.92. The van der Waals surface area contributed by atoms with Crippen LogP contribution in [0.1, 0.15) is 53.7 Å². The number of amides is 2. The molecule has 1 aliphatic rings. The molecule has 1 unspecified atom stereocenters. The Bertz CT molecular complexity index is 750. The van der Waals surface area contributed by atoms with E-state index >= 15 is 0 Å².